The summed E-state index contributed by atoms with van der Waals surface area (Å²) >= 11 is 0. The van der Waals surface area contributed by atoms with Gasteiger partial charge in [0, 0.05) is 5.69 Å². The average molecular weight is 323 g/mol. The Bertz CT molecular complexity index is 714. The highest BCUT2D eigenvalue weighted by molar-refractivity contribution is 7.92. The first-order valence-corrected chi connectivity index (χ1v) is 8.55. The highest BCUT2D eigenvalue weighted by Gasteiger charge is 2.22. The van der Waals surface area contributed by atoms with E-state index in [9.17, 15) is 8.42 Å². The molecule has 0 aliphatic carbocycles. The molecule has 0 atom stereocenters. The van der Waals surface area contributed by atoms with Gasteiger partial charge in [-0.2, -0.15) is 5.10 Å². The van der Waals surface area contributed by atoms with Crippen LogP contribution < -0.4 is 9.46 Å². The second-order valence-corrected chi connectivity index (χ2v) is 7.22. The van der Waals surface area contributed by atoms with Gasteiger partial charge in [0.1, 0.15) is 10.6 Å². The van der Waals surface area contributed by atoms with Crippen LogP contribution in [0.3, 0.4) is 0 Å². The molecule has 0 bridgehead atoms. The number of rotatable bonds is 6. The lowest BCUT2D eigenvalue weighted by Gasteiger charge is -2.11. The van der Waals surface area contributed by atoms with E-state index < -0.39 is 10.0 Å². The lowest BCUT2D eigenvalue weighted by atomic mass is 10.2. The van der Waals surface area contributed by atoms with Gasteiger partial charge in [-0.3, -0.25) is 9.82 Å². The van der Waals surface area contributed by atoms with Crippen molar-refractivity contribution in [3.8, 4) is 5.75 Å². The average Bonchev–Trinajstić information content (AvgIpc) is 2.77. The van der Waals surface area contributed by atoms with E-state index in [1.165, 1.54) is 0 Å². The highest BCUT2D eigenvalue weighted by Crippen LogP contribution is 2.22. The second kappa shape index (κ2) is 6.39. The van der Waals surface area contributed by atoms with Crippen molar-refractivity contribution in [2.45, 2.75) is 32.6 Å². The molecule has 0 aliphatic rings. The molecule has 0 fully saturated rings. The normalized spacial score (nSPS) is 11.7. The first-order valence-electron chi connectivity index (χ1n) is 7.07. The Morgan fingerprint density at radius 3 is 2.36 bits per heavy atom. The summed E-state index contributed by atoms with van der Waals surface area (Å²) in [6, 6.07) is 6.85. The maximum Gasteiger partial charge on any atom is 0.265 e. The Hall–Kier alpha value is -2.02. The third kappa shape index (κ3) is 3.79. The number of sulfonamides is 1. The Morgan fingerprint density at radius 2 is 1.86 bits per heavy atom. The Morgan fingerprint density at radius 1 is 1.23 bits per heavy atom. The van der Waals surface area contributed by atoms with Gasteiger partial charge in [0.15, 0.2) is 0 Å². The summed E-state index contributed by atoms with van der Waals surface area (Å²) < 4.78 is 32.9. The third-order valence-corrected chi connectivity index (χ3v) is 4.66. The molecule has 7 heteroatoms. The van der Waals surface area contributed by atoms with E-state index in [0.29, 0.717) is 35.3 Å². The minimum atomic E-state index is -3.65. The fourth-order valence-electron chi connectivity index (χ4n) is 2.02. The molecule has 0 amide bonds. The van der Waals surface area contributed by atoms with Crippen molar-refractivity contribution in [3.63, 3.8) is 0 Å². The van der Waals surface area contributed by atoms with Crippen LogP contribution >= 0.6 is 0 Å². The number of hydrogen-bond donors (Lipinski definition) is 2. The Balaban J connectivity index is 2.13. The number of nitrogens with one attached hydrogen (secondary N) is 2. The van der Waals surface area contributed by atoms with Crippen molar-refractivity contribution in [3.05, 3.63) is 35.7 Å². The van der Waals surface area contributed by atoms with Crippen molar-refractivity contribution in [2.75, 3.05) is 11.3 Å². The van der Waals surface area contributed by atoms with Crippen LogP contribution in [0, 0.1) is 19.8 Å². The van der Waals surface area contributed by atoms with Crippen molar-refractivity contribution < 1.29 is 13.2 Å². The molecule has 0 saturated heterocycles. The van der Waals surface area contributed by atoms with Crippen molar-refractivity contribution in [1.29, 1.82) is 0 Å². The predicted octanol–water partition coefficient (Wildman–Crippen LogP) is 2.86. The van der Waals surface area contributed by atoms with Gasteiger partial charge in [-0.15, -0.1) is 0 Å². The lowest BCUT2D eigenvalue weighted by molar-refractivity contribution is 0.271. The molecule has 0 spiro atoms. The maximum atomic E-state index is 12.4. The van der Waals surface area contributed by atoms with Gasteiger partial charge in [-0.25, -0.2) is 8.42 Å². The number of ether oxygens (including phenoxy) is 1. The van der Waals surface area contributed by atoms with Crippen molar-refractivity contribution in [1.82, 2.24) is 10.2 Å². The molecule has 1 heterocycles. The first kappa shape index (κ1) is 16.4. The quantitative estimate of drug-likeness (QED) is 0.856. The number of benzene rings is 1. The molecular weight excluding hydrogens is 302 g/mol. The van der Waals surface area contributed by atoms with Gasteiger partial charge in [0.05, 0.1) is 18.0 Å². The van der Waals surface area contributed by atoms with Crippen molar-refractivity contribution >= 4 is 15.7 Å². The van der Waals surface area contributed by atoms with Gasteiger partial charge in [-0.1, -0.05) is 13.8 Å². The highest BCUT2D eigenvalue weighted by atomic mass is 32.2. The minimum absolute atomic E-state index is 0.188. The van der Waals surface area contributed by atoms with E-state index in [2.05, 4.69) is 28.8 Å². The monoisotopic (exact) mass is 323 g/mol. The largest absolute Gasteiger partial charge is 0.493 e. The summed E-state index contributed by atoms with van der Waals surface area (Å²) in [4.78, 5) is 0.188. The molecule has 0 radical (unpaired) electrons. The molecule has 2 N–H and O–H groups in total. The molecular formula is C15H21N3O3S. The molecule has 22 heavy (non-hydrogen) atoms. The van der Waals surface area contributed by atoms with Crippen LogP contribution in [-0.4, -0.2) is 25.2 Å². The Kier molecular flexibility index (Phi) is 4.75. The summed E-state index contributed by atoms with van der Waals surface area (Å²) in [5.74, 6) is 1.15. The van der Waals surface area contributed by atoms with Crippen LogP contribution in [0.5, 0.6) is 5.75 Å². The van der Waals surface area contributed by atoms with Gasteiger partial charge in [-0.05, 0) is 44.0 Å². The maximum absolute atomic E-state index is 12.4. The van der Waals surface area contributed by atoms with E-state index in [-0.39, 0.29) is 4.90 Å². The zero-order valence-electron chi connectivity index (χ0n) is 13.2. The topological polar surface area (TPSA) is 84.1 Å². The lowest BCUT2D eigenvalue weighted by Crippen LogP contribution is -2.14. The summed E-state index contributed by atoms with van der Waals surface area (Å²) in [5, 5.41) is 6.59. The standard InChI is InChI=1S/C15H21N3O3S/c1-10(2)9-21-14-7-5-13(6-8-14)18-22(19,20)15-11(3)16-17-12(15)4/h5-8,10,18H,9H2,1-4H3,(H,16,17). The van der Waals surface area contributed by atoms with Crippen LogP contribution in [0.2, 0.25) is 0 Å². The van der Waals surface area contributed by atoms with Crippen LogP contribution in [0.1, 0.15) is 25.2 Å². The van der Waals surface area contributed by atoms with Crippen LogP contribution in [0.15, 0.2) is 29.2 Å². The number of aryl methyl sites for hydroxylation is 2. The first-order chi connectivity index (χ1) is 10.3. The van der Waals surface area contributed by atoms with Crippen LogP contribution in [0.4, 0.5) is 5.69 Å². The second-order valence-electron chi connectivity index (χ2n) is 5.60. The van der Waals surface area contributed by atoms with E-state index in [1.807, 2.05) is 0 Å². The van der Waals surface area contributed by atoms with Crippen molar-refractivity contribution in [2.24, 2.45) is 5.92 Å². The molecule has 0 saturated carbocycles. The number of aromatic nitrogens is 2. The summed E-state index contributed by atoms with van der Waals surface area (Å²) in [5.41, 5.74) is 1.45. The SMILES string of the molecule is Cc1n[nH]c(C)c1S(=O)(=O)Nc1ccc(OCC(C)C)cc1. The zero-order chi connectivity index (χ0) is 16.3. The molecule has 2 aromatic rings. The smallest absolute Gasteiger partial charge is 0.265 e. The van der Waals surface area contributed by atoms with Crippen LogP contribution in [0.25, 0.3) is 0 Å². The molecule has 0 unspecified atom stereocenters. The van der Waals surface area contributed by atoms with E-state index in [4.69, 9.17) is 4.74 Å². The summed E-state index contributed by atoms with van der Waals surface area (Å²) in [6.07, 6.45) is 0. The molecule has 6 nitrogen and oxygen atoms in total. The predicted molar refractivity (Wildman–Crippen MR) is 85.6 cm³/mol. The molecule has 2 rings (SSSR count). The van der Waals surface area contributed by atoms with Crippen LogP contribution in [-0.2, 0) is 10.0 Å². The van der Waals surface area contributed by atoms with Gasteiger partial charge < -0.3 is 4.74 Å². The number of nitrogens with zero attached hydrogens (tertiary/aromatic N) is 1. The van der Waals surface area contributed by atoms with Gasteiger partial charge in [0.2, 0.25) is 0 Å². The number of H-pyrrole nitrogens is 1. The fourth-order valence-corrected chi connectivity index (χ4v) is 3.46. The van der Waals surface area contributed by atoms with E-state index in [1.54, 1.807) is 38.1 Å². The third-order valence-electron chi connectivity index (χ3n) is 3.02. The summed E-state index contributed by atoms with van der Waals surface area (Å²) in [6.45, 7) is 8.09. The zero-order valence-corrected chi connectivity index (χ0v) is 14.0. The van der Waals surface area contributed by atoms with E-state index >= 15 is 0 Å². The molecule has 1 aromatic heterocycles. The summed E-state index contributed by atoms with van der Waals surface area (Å²) in [7, 11) is -3.65. The van der Waals surface area contributed by atoms with E-state index in [0.717, 1.165) is 0 Å². The number of hydrogen-bond acceptors (Lipinski definition) is 4. The Labute approximate surface area is 130 Å². The number of aromatic amines is 1. The fraction of sp³-hybridized carbons (Fsp3) is 0.400. The molecule has 1 aromatic carbocycles. The van der Waals surface area contributed by atoms with Gasteiger partial charge in [0.25, 0.3) is 10.0 Å². The molecule has 120 valence electrons. The van der Waals surface area contributed by atoms with Gasteiger partial charge >= 0.3 is 0 Å². The number of anilines is 1. The minimum Gasteiger partial charge on any atom is -0.493 e. The molecule has 0 aliphatic heterocycles.